The van der Waals surface area contributed by atoms with Gasteiger partial charge in [0, 0.05) is 11.3 Å². The van der Waals surface area contributed by atoms with Gasteiger partial charge >= 0.3 is 0 Å². The molecule has 0 aromatic heterocycles. The Hall–Kier alpha value is -3.32. The number of carbonyl (C=O) groups excluding carboxylic acids is 1. The van der Waals surface area contributed by atoms with Gasteiger partial charge in [0.1, 0.15) is 5.75 Å². The van der Waals surface area contributed by atoms with Crippen LogP contribution in [0.2, 0.25) is 0 Å². The summed E-state index contributed by atoms with van der Waals surface area (Å²) in [4.78, 5) is 12.4. The summed E-state index contributed by atoms with van der Waals surface area (Å²) >= 11 is 0. The highest BCUT2D eigenvalue weighted by Gasteiger charge is 2.16. The minimum atomic E-state index is -3.76. The minimum absolute atomic E-state index is 0.0326. The lowest BCUT2D eigenvalue weighted by molar-refractivity contribution is 0.102. The summed E-state index contributed by atoms with van der Waals surface area (Å²) in [6.07, 6.45) is 0. The van der Waals surface area contributed by atoms with Gasteiger partial charge in [0.25, 0.3) is 15.9 Å². The third-order valence-corrected chi connectivity index (χ3v) is 5.53. The minimum Gasteiger partial charge on any atom is -0.506 e. The first-order valence-corrected chi connectivity index (χ1v) is 10.0. The molecule has 3 aromatic rings. The quantitative estimate of drug-likeness (QED) is 0.567. The van der Waals surface area contributed by atoms with E-state index < -0.39 is 15.9 Å². The molecule has 7 heteroatoms. The lowest BCUT2D eigenvalue weighted by atomic mass is 10.2. The molecule has 0 aliphatic rings. The largest absolute Gasteiger partial charge is 0.506 e. The summed E-state index contributed by atoms with van der Waals surface area (Å²) in [5, 5.41) is 12.5. The summed E-state index contributed by atoms with van der Waals surface area (Å²) in [7, 11) is -3.76. The van der Waals surface area contributed by atoms with Crippen LogP contribution in [0.15, 0.2) is 71.6 Å². The first kappa shape index (κ1) is 19.4. The molecular weight excluding hydrogens is 376 g/mol. The van der Waals surface area contributed by atoms with Gasteiger partial charge in [-0.3, -0.25) is 9.52 Å². The summed E-state index contributed by atoms with van der Waals surface area (Å²) in [5.74, 6) is -0.482. The molecular formula is C21H20N2O4S. The molecule has 0 unspecified atom stereocenters. The van der Waals surface area contributed by atoms with Crippen molar-refractivity contribution in [2.75, 3.05) is 10.0 Å². The number of phenolic OH excluding ortho intramolecular Hbond substituents is 1. The van der Waals surface area contributed by atoms with Gasteiger partial charge in [-0.2, -0.15) is 0 Å². The van der Waals surface area contributed by atoms with Crippen molar-refractivity contribution in [2.45, 2.75) is 18.7 Å². The maximum atomic E-state index is 12.5. The number of aryl methyl sites for hydroxylation is 2. The number of hydrogen-bond donors (Lipinski definition) is 3. The van der Waals surface area contributed by atoms with E-state index in [4.69, 9.17) is 0 Å². The second-order valence-electron chi connectivity index (χ2n) is 6.47. The van der Waals surface area contributed by atoms with Crippen molar-refractivity contribution in [1.82, 2.24) is 0 Å². The summed E-state index contributed by atoms with van der Waals surface area (Å²) in [5.41, 5.74) is 2.91. The molecule has 3 N–H and O–H groups in total. The lowest BCUT2D eigenvalue weighted by Crippen LogP contribution is -2.15. The molecule has 0 spiro atoms. The van der Waals surface area contributed by atoms with Crippen molar-refractivity contribution in [3.8, 4) is 5.75 Å². The molecule has 0 aliphatic heterocycles. The van der Waals surface area contributed by atoms with Crippen molar-refractivity contribution < 1.29 is 18.3 Å². The molecule has 0 bridgehead atoms. The molecule has 0 saturated carbocycles. The smallest absolute Gasteiger partial charge is 0.261 e. The van der Waals surface area contributed by atoms with E-state index in [1.165, 1.54) is 24.3 Å². The number of nitrogens with one attached hydrogen (secondary N) is 2. The molecule has 3 rings (SSSR count). The molecule has 0 heterocycles. The first-order valence-electron chi connectivity index (χ1n) is 8.55. The molecule has 0 fully saturated rings. The second-order valence-corrected chi connectivity index (χ2v) is 8.15. The van der Waals surface area contributed by atoms with E-state index in [9.17, 15) is 18.3 Å². The van der Waals surface area contributed by atoms with Crippen LogP contribution in [-0.4, -0.2) is 19.4 Å². The van der Waals surface area contributed by atoms with E-state index in [2.05, 4.69) is 10.0 Å². The maximum absolute atomic E-state index is 12.5. The average molecular weight is 396 g/mol. The first-order chi connectivity index (χ1) is 13.2. The van der Waals surface area contributed by atoms with Crippen LogP contribution in [0.5, 0.6) is 5.75 Å². The van der Waals surface area contributed by atoms with Crippen LogP contribution in [-0.2, 0) is 10.0 Å². The van der Waals surface area contributed by atoms with Crippen LogP contribution in [0.3, 0.4) is 0 Å². The summed E-state index contributed by atoms with van der Waals surface area (Å²) < 4.78 is 27.5. The molecule has 6 nitrogen and oxygen atoms in total. The zero-order chi connectivity index (χ0) is 20.3. The highest BCUT2D eigenvalue weighted by Crippen LogP contribution is 2.25. The van der Waals surface area contributed by atoms with Gasteiger partial charge in [0.2, 0.25) is 0 Å². The van der Waals surface area contributed by atoms with Crippen molar-refractivity contribution in [3.63, 3.8) is 0 Å². The Labute approximate surface area is 163 Å². The number of rotatable bonds is 5. The van der Waals surface area contributed by atoms with Crippen LogP contribution in [0, 0.1) is 13.8 Å². The van der Waals surface area contributed by atoms with Crippen molar-refractivity contribution in [2.24, 2.45) is 0 Å². The van der Waals surface area contributed by atoms with Gasteiger partial charge in [-0.05, 0) is 67.9 Å². The fourth-order valence-electron chi connectivity index (χ4n) is 2.56. The van der Waals surface area contributed by atoms with Crippen molar-refractivity contribution in [3.05, 3.63) is 83.4 Å². The predicted molar refractivity (Wildman–Crippen MR) is 109 cm³/mol. The SMILES string of the molecule is Cc1ccc(NS(=O)(=O)c2ccc(C(=O)Nc3ccc(C)cc3O)cc2)cc1. The van der Waals surface area contributed by atoms with E-state index in [-0.39, 0.29) is 21.9 Å². The van der Waals surface area contributed by atoms with Gasteiger partial charge in [0.05, 0.1) is 10.6 Å². The molecule has 3 aromatic carbocycles. The summed E-state index contributed by atoms with van der Waals surface area (Å²) in [6, 6.07) is 17.5. The van der Waals surface area contributed by atoms with Crippen LogP contribution in [0.4, 0.5) is 11.4 Å². The zero-order valence-corrected chi connectivity index (χ0v) is 16.2. The Morgan fingerprint density at radius 3 is 2.07 bits per heavy atom. The molecule has 0 radical (unpaired) electrons. The molecule has 144 valence electrons. The highest BCUT2D eigenvalue weighted by molar-refractivity contribution is 7.92. The third kappa shape index (κ3) is 4.50. The Morgan fingerprint density at radius 2 is 1.46 bits per heavy atom. The van der Waals surface area contributed by atoms with Gasteiger partial charge in [-0.15, -0.1) is 0 Å². The van der Waals surface area contributed by atoms with Crippen molar-refractivity contribution in [1.29, 1.82) is 0 Å². The Balaban J connectivity index is 1.74. The van der Waals surface area contributed by atoms with E-state index >= 15 is 0 Å². The lowest BCUT2D eigenvalue weighted by Gasteiger charge is -2.10. The number of sulfonamides is 1. The topological polar surface area (TPSA) is 95.5 Å². The number of aromatic hydroxyl groups is 1. The van der Waals surface area contributed by atoms with E-state index in [0.717, 1.165) is 11.1 Å². The number of carbonyl (C=O) groups is 1. The predicted octanol–water partition coefficient (Wildman–Crippen LogP) is 4.06. The Bertz CT molecular complexity index is 1110. The van der Waals surface area contributed by atoms with Crippen LogP contribution < -0.4 is 10.0 Å². The Kier molecular flexibility index (Phi) is 5.37. The van der Waals surface area contributed by atoms with Gasteiger partial charge in [-0.25, -0.2) is 8.42 Å². The second kappa shape index (κ2) is 7.74. The van der Waals surface area contributed by atoms with Crippen LogP contribution in [0.1, 0.15) is 21.5 Å². The molecule has 0 aliphatic carbocycles. The van der Waals surface area contributed by atoms with E-state index in [1.54, 1.807) is 30.3 Å². The summed E-state index contributed by atoms with van der Waals surface area (Å²) in [6.45, 7) is 3.74. The molecule has 1 amide bonds. The van der Waals surface area contributed by atoms with Gasteiger partial charge in [0.15, 0.2) is 0 Å². The number of hydrogen-bond acceptors (Lipinski definition) is 4. The zero-order valence-electron chi connectivity index (χ0n) is 15.4. The number of benzene rings is 3. The van der Waals surface area contributed by atoms with E-state index in [0.29, 0.717) is 5.69 Å². The van der Waals surface area contributed by atoms with Gasteiger partial charge < -0.3 is 10.4 Å². The Morgan fingerprint density at radius 1 is 0.857 bits per heavy atom. The van der Waals surface area contributed by atoms with Crippen LogP contribution in [0.25, 0.3) is 0 Å². The molecule has 0 saturated heterocycles. The van der Waals surface area contributed by atoms with Crippen molar-refractivity contribution >= 4 is 27.3 Å². The monoisotopic (exact) mass is 396 g/mol. The normalized spacial score (nSPS) is 11.1. The third-order valence-electron chi connectivity index (χ3n) is 4.13. The molecule has 28 heavy (non-hydrogen) atoms. The van der Waals surface area contributed by atoms with Gasteiger partial charge in [-0.1, -0.05) is 23.8 Å². The highest BCUT2D eigenvalue weighted by atomic mass is 32.2. The fraction of sp³-hybridized carbons (Fsp3) is 0.0952. The molecule has 0 atom stereocenters. The van der Waals surface area contributed by atoms with Crippen LogP contribution >= 0.6 is 0 Å². The average Bonchev–Trinajstić information content (AvgIpc) is 2.66. The number of phenols is 1. The standard InChI is InChI=1S/C21H20N2O4S/c1-14-3-8-17(9-4-14)23-28(26,27)18-10-6-16(7-11-18)21(25)22-19-12-5-15(2)13-20(19)24/h3-13,23-24H,1-2H3,(H,22,25). The number of anilines is 2. The van der Waals surface area contributed by atoms with E-state index in [1.807, 2.05) is 26.0 Å². The fourth-order valence-corrected chi connectivity index (χ4v) is 3.62. The maximum Gasteiger partial charge on any atom is 0.261 e. The number of amides is 1.